The molecule has 0 aromatic heterocycles. The van der Waals surface area contributed by atoms with E-state index in [4.69, 9.17) is 0 Å². The normalized spacial score (nSPS) is 43.8. The highest BCUT2D eigenvalue weighted by Gasteiger charge is 2.51. The van der Waals surface area contributed by atoms with E-state index in [1.807, 2.05) is 11.6 Å². The van der Waals surface area contributed by atoms with Crippen molar-refractivity contribution in [3.05, 3.63) is 22.8 Å². The third-order valence-corrected chi connectivity index (χ3v) is 7.11. The van der Waals surface area contributed by atoms with Crippen molar-refractivity contribution in [1.82, 2.24) is 0 Å². The summed E-state index contributed by atoms with van der Waals surface area (Å²) < 4.78 is 0. The van der Waals surface area contributed by atoms with Gasteiger partial charge in [0.1, 0.15) is 0 Å². The van der Waals surface area contributed by atoms with Crippen LogP contribution < -0.4 is 0 Å². The Kier molecular flexibility index (Phi) is 2.78. The fourth-order valence-electron chi connectivity index (χ4n) is 5.97. The molecule has 4 atom stereocenters. The van der Waals surface area contributed by atoms with Gasteiger partial charge in [-0.2, -0.15) is 0 Å². The number of hydrogen-bond acceptors (Lipinski definition) is 1. The molecule has 0 spiro atoms. The highest BCUT2D eigenvalue weighted by Crippen LogP contribution is 2.61. The Balaban J connectivity index is 1.70. The minimum Gasteiger partial charge on any atom is -0.295 e. The molecule has 4 aliphatic rings. The van der Waals surface area contributed by atoms with Gasteiger partial charge in [-0.1, -0.05) is 23.6 Å². The van der Waals surface area contributed by atoms with Crippen LogP contribution in [0.5, 0.6) is 0 Å². The van der Waals surface area contributed by atoms with Gasteiger partial charge in [0.2, 0.25) is 0 Å². The van der Waals surface area contributed by atoms with E-state index >= 15 is 0 Å². The molecule has 0 saturated heterocycles. The first-order chi connectivity index (χ1) is 9.59. The SMILES string of the molecule is CC1=C2CC[C@@H]3[C@H](CCC4=CC(=O)CC[C@@]43C)[C@H]2CC1. The number of carbonyl (C=O) groups excluding carboxylic acids is 1. The third-order valence-electron chi connectivity index (χ3n) is 7.11. The van der Waals surface area contributed by atoms with Gasteiger partial charge >= 0.3 is 0 Å². The molecule has 4 rings (SSSR count). The van der Waals surface area contributed by atoms with E-state index in [9.17, 15) is 4.79 Å². The molecular formula is C19H26O. The monoisotopic (exact) mass is 270 g/mol. The average molecular weight is 270 g/mol. The van der Waals surface area contributed by atoms with E-state index < -0.39 is 0 Å². The maximum atomic E-state index is 11.8. The number of fused-ring (bicyclic) bond motifs is 5. The second-order valence-corrected chi connectivity index (χ2v) is 7.85. The standard InChI is InChI=1S/C19H26O/c1-12-3-5-16-15(12)7-8-18-17(16)6-4-13-11-14(20)9-10-19(13,18)2/h11,16-18H,3-10H2,1-2H3/t16-,17+,18+,19-/m0/s1. The van der Waals surface area contributed by atoms with Gasteiger partial charge < -0.3 is 0 Å². The van der Waals surface area contributed by atoms with Gasteiger partial charge in [0, 0.05) is 6.42 Å². The Morgan fingerprint density at radius 1 is 1.10 bits per heavy atom. The number of allylic oxidation sites excluding steroid dienone is 4. The topological polar surface area (TPSA) is 17.1 Å². The van der Waals surface area contributed by atoms with Crippen molar-refractivity contribution in [2.45, 2.75) is 65.2 Å². The molecular weight excluding hydrogens is 244 g/mol. The molecule has 2 saturated carbocycles. The molecule has 1 nitrogen and oxygen atoms in total. The Morgan fingerprint density at radius 3 is 2.80 bits per heavy atom. The lowest BCUT2D eigenvalue weighted by molar-refractivity contribution is -0.116. The largest absolute Gasteiger partial charge is 0.295 e. The lowest BCUT2D eigenvalue weighted by Gasteiger charge is -2.54. The maximum absolute atomic E-state index is 11.8. The predicted molar refractivity (Wildman–Crippen MR) is 81.3 cm³/mol. The van der Waals surface area contributed by atoms with Crippen LogP contribution in [0.4, 0.5) is 0 Å². The molecule has 20 heavy (non-hydrogen) atoms. The number of hydrogen-bond donors (Lipinski definition) is 0. The van der Waals surface area contributed by atoms with Crippen molar-refractivity contribution in [2.24, 2.45) is 23.2 Å². The first kappa shape index (κ1) is 12.9. The first-order valence-electron chi connectivity index (χ1n) is 8.52. The minimum absolute atomic E-state index is 0.346. The molecule has 108 valence electrons. The summed E-state index contributed by atoms with van der Waals surface area (Å²) in [5, 5.41) is 0. The van der Waals surface area contributed by atoms with Gasteiger partial charge in [0.25, 0.3) is 0 Å². The molecule has 0 aromatic carbocycles. The highest BCUT2D eigenvalue weighted by atomic mass is 16.1. The molecule has 0 aromatic rings. The van der Waals surface area contributed by atoms with Crippen molar-refractivity contribution in [3.8, 4) is 0 Å². The van der Waals surface area contributed by atoms with Gasteiger partial charge in [-0.15, -0.1) is 0 Å². The Labute approximate surface area is 122 Å². The second-order valence-electron chi connectivity index (χ2n) is 7.85. The third kappa shape index (κ3) is 1.64. The lowest BCUT2D eigenvalue weighted by Crippen LogP contribution is -2.45. The summed E-state index contributed by atoms with van der Waals surface area (Å²) in [5.74, 6) is 3.02. The van der Waals surface area contributed by atoms with E-state index in [1.165, 1.54) is 44.1 Å². The molecule has 0 aliphatic heterocycles. The molecule has 0 unspecified atom stereocenters. The van der Waals surface area contributed by atoms with Crippen molar-refractivity contribution < 1.29 is 4.79 Å². The van der Waals surface area contributed by atoms with Crippen molar-refractivity contribution in [3.63, 3.8) is 0 Å². The summed E-state index contributed by atoms with van der Waals surface area (Å²) in [6, 6.07) is 0. The minimum atomic E-state index is 0.346. The van der Waals surface area contributed by atoms with Gasteiger partial charge in [-0.3, -0.25) is 4.79 Å². The predicted octanol–water partition coefficient (Wildman–Crippen LogP) is 4.83. The molecule has 0 bridgehead atoms. The Hall–Kier alpha value is -0.850. The molecule has 0 radical (unpaired) electrons. The summed E-state index contributed by atoms with van der Waals surface area (Å²) in [5.41, 5.74) is 5.38. The highest BCUT2D eigenvalue weighted by molar-refractivity contribution is 5.91. The van der Waals surface area contributed by atoms with Crippen LogP contribution in [0.25, 0.3) is 0 Å². The molecule has 1 heteroatoms. The van der Waals surface area contributed by atoms with Gasteiger partial charge in [0.05, 0.1) is 0 Å². The van der Waals surface area contributed by atoms with Crippen LogP contribution in [0.2, 0.25) is 0 Å². The summed E-state index contributed by atoms with van der Waals surface area (Å²) in [6.45, 7) is 4.84. The smallest absolute Gasteiger partial charge is 0.155 e. The zero-order valence-corrected chi connectivity index (χ0v) is 12.9. The molecule has 4 aliphatic carbocycles. The fourth-order valence-corrected chi connectivity index (χ4v) is 5.97. The van der Waals surface area contributed by atoms with Crippen LogP contribution in [0.15, 0.2) is 22.8 Å². The molecule has 0 amide bonds. The van der Waals surface area contributed by atoms with E-state index in [2.05, 4.69) is 13.8 Å². The number of rotatable bonds is 0. The van der Waals surface area contributed by atoms with Gasteiger partial charge in [-0.25, -0.2) is 0 Å². The zero-order valence-electron chi connectivity index (χ0n) is 12.9. The van der Waals surface area contributed by atoms with Crippen LogP contribution in [0.3, 0.4) is 0 Å². The first-order valence-corrected chi connectivity index (χ1v) is 8.52. The lowest BCUT2D eigenvalue weighted by atomic mass is 9.50. The zero-order chi connectivity index (χ0) is 13.9. The van der Waals surface area contributed by atoms with Crippen LogP contribution in [0, 0.1) is 23.2 Å². The molecule has 0 heterocycles. The Morgan fingerprint density at radius 2 is 1.95 bits per heavy atom. The summed E-state index contributed by atoms with van der Waals surface area (Å²) in [7, 11) is 0. The van der Waals surface area contributed by atoms with Crippen molar-refractivity contribution in [2.75, 3.05) is 0 Å². The van der Waals surface area contributed by atoms with Crippen molar-refractivity contribution in [1.29, 1.82) is 0 Å². The van der Waals surface area contributed by atoms with E-state index in [-0.39, 0.29) is 0 Å². The van der Waals surface area contributed by atoms with Crippen LogP contribution in [-0.4, -0.2) is 5.78 Å². The van der Waals surface area contributed by atoms with E-state index in [1.54, 1.807) is 5.57 Å². The average Bonchev–Trinajstić information content (AvgIpc) is 2.82. The van der Waals surface area contributed by atoms with Crippen molar-refractivity contribution >= 4 is 5.78 Å². The summed E-state index contributed by atoms with van der Waals surface area (Å²) >= 11 is 0. The Bertz CT molecular complexity index is 524. The van der Waals surface area contributed by atoms with E-state index in [0.717, 1.165) is 30.6 Å². The second kappa shape index (κ2) is 4.32. The number of carbonyl (C=O) groups is 1. The van der Waals surface area contributed by atoms with Crippen LogP contribution in [0.1, 0.15) is 65.2 Å². The maximum Gasteiger partial charge on any atom is 0.155 e. The van der Waals surface area contributed by atoms with Gasteiger partial charge in [-0.05, 0) is 81.1 Å². The number of ketones is 1. The summed E-state index contributed by atoms with van der Waals surface area (Å²) in [6.07, 6.45) is 11.9. The van der Waals surface area contributed by atoms with Crippen LogP contribution >= 0.6 is 0 Å². The molecule has 2 fully saturated rings. The van der Waals surface area contributed by atoms with E-state index in [0.29, 0.717) is 11.2 Å². The fraction of sp³-hybridized carbons (Fsp3) is 0.737. The quantitative estimate of drug-likeness (QED) is 0.576. The van der Waals surface area contributed by atoms with Gasteiger partial charge in [0.15, 0.2) is 5.78 Å². The molecule has 0 N–H and O–H groups in total. The summed E-state index contributed by atoms with van der Waals surface area (Å²) in [4.78, 5) is 11.8. The van der Waals surface area contributed by atoms with Crippen LogP contribution in [-0.2, 0) is 4.79 Å².